The molecule has 3 aliphatic rings. The molecule has 2 aliphatic carbocycles. The third kappa shape index (κ3) is 4.81. The first-order valence-electron chi connectivity index (χ1n) is 14.4. The second-order valence-electron chi connectivity index (χ2n) is 12.8. The van der Waals surface area contributed by atoms with Gasteiger partial charge in [-0.05, 0) is 80.6 Å². The summed E-state index contributed by atoms with van der Waals surface area (Å²) < 4.78 is 2.17. The summed E-state index contributed by atoms with van der Waals surface area (Å²) in [6, 6.07) is 6.27. The second kappa shape index (κ2) is 9.67. The summed E-state index contributed by atoms with van der Waals surface area (Å²) in [6.07, 6.45) is 8.34. The fraction of sp³-hybridized carbons (Fsp3) is 0.581. The van der Waals surface area contributed by atoms with E-state index in [-0.39, 0.29) is 23.1 Å². The number of nitrogens with one attached hydrogen (secondary N) is 2. The number of para-hydroxylation sites is 1. The number of likely N-dealkylation sites (tertiary alicyclic amines) is 1. The van der Waals surface area contributed by atoms with Crippen LogP contribution in [0.5, 0.6) is 0 Å². The zero-order valence-corrected chi connectivity index (χ0v) is 23.3. The predicted molar refractivity (Wildman–Crippen MR) is 149 cm³/mol. The molecule has 7 nitrogen and oxygen atoms in total. The maximum Gasteiger partial charge on any atom is 0.268 e. The van der Waals surface area contributed by atoms with Gasteiger partial charge in [0.2, 0.25) is 0 Å². The van der Waals surface area contributed by atoms with Crippen LogP contribution in [0.4, 0.5) is 0 Å². The minimum atomic E-state index is -0.188. The average molecular weight is 516 g/mol. The summed E-state index contributed by atoms with van der Waals surface area (Å²) in [5.41, 5.74) is 6.23. The maximum absolute atomic E-state index is 13.7. The molecule has 202 valence electrons. The summed E-state index contributed by atoms with van der Waals surface area (Å²) in [7, 11) is 2.07. The molecule has 1 amide bonds. The van der Waals surface area contributed by atoms with Crippen LogP contribution in [0.25, 0.3) is 11.0 Å². The molecule has 3 heterocycles. The van der Waals surface area contributed by atoms with Crippen molar-refractivity contribution in [2.75, 3.05) is 13.1 Å². The van der Waals surface area contributed by atoms with Gasteiger partial charge in [0.05, 0.1) is 17.1 Å². The number of aryl methyl sites for hydroxylation is 1. The van der Waals surface area contributed by atoms with Crippen LogP contribution in [0.1, 0.15) is 108 Å². The Bertz CT molecular complexity index is 1390. The molecule has 1 saturated heterocycles. The van der Waals surface area contributed by atoms with Crippen molar-refractivity contribution in [3.63, 3.8) is 0 Å². The lowest BCUT2D eigenvalue weighted by molar-refractivity contribution is 0.0908. The number of nitrogens with zero attached hydrogens (tertiary/aromatic N) is 3. The number of carbonyl (C=O) groups excluding carboxylic acids is 2. The summed E-state index contributed by atoms with van der Waals surface area (Å²) in [5, 5.41) is 3.34. The Balaban J connectivity index is 1.31. The highest BCUT2D eigenvalue weighted by Crippen LogP contribution is 2.38. The number of benzene rings is 1. The van der Waals surface area contributed by atoms with E-state index < -0.39 is 0 Å². The van der Waals surface area contributed by atoms with Crippen LogP contribution in [-0.2, 0) is 20.0 Å². The van der Waals surface area contributed by atoms with Gasteiger partial charge in [-0.3, -0.25) is 14.5 Å². The molecule has 6 rings (SSSR count). The van der Waals surface area contributed by atoms with Crippen molar-refractivity contribution in [2.45, 2.75) is 84.7 Å². The first kappa shape index (κ1) is 25.4. The van der Waals surface area contributed by atoms with E-state index in [1.54, 1.807) is 0 Å². The van der Waals surface area contributed by atoms with Gasteiger partial charge in [0, 0.05) is 31.3 Å². The molecule has 2 aromatic heterocycles. The minimum Gasteiger partial charge on any atom is -0.354 e. The van der Waals surface area contributed by atoms with Crippen molar-refractivity contribution in [3.8, 4) is 0 Å². The molecule has 1 aromatic carbocycles. The molecule has 0 spiro atoms. The van der Waals surface area contributed by atoms with Gasteiger partial charge in [0.25, 0.3) is 5.91 Å². The number of amides is 1. The highest BCUT2D eigenvalue weighted by Gasteiger charge is 2.36. The number of Topliss-reactive ketones (excluding diaryl/α,β-unsaturated/α-hetero) is 1. The third-order valence-electron chi connectivity index (χ3n) is 8.93. The summed E-state index contributed by atoms with van der Waals surface area (Å²) in [4.78, 5) is 37.7. The third-order valence-corrected chi connectivity index (χ3v) is 8.93. The van der Waals surface area contributed by atoms with Gasteiger partial charge in [-0.1, -0.05) is 38.8 Å². The van der Waals surface area contributed by atoms with Crippen molar-refractivity contribution < 1.29 is 9.59 Å². The van der Waals surface area contributed by atoms with E-state index in [0.717, 1.165) is 78.5 Å². The summed E-state index contributed by atoms with van der Waals surface area (Å²) >= 11 is 0. The minimum absolute atomic E-state index is 0.0955. The molecule has 1 unspecified atom stereocenters. The van der Waals surface area contributed by atoms with Crippen LogP contribution in [0, 0.1) is 18.3 Å². The lowest BCUT2D eigenvalue weighted by atomic mass is 9.75. The largest absolute Gasteiger partial charge is 0.354 e. The predicted octanol–water partition coefficient (Wildman–Crippen LogP) is 5.62. The first-order chi connectivity index (χ1) is 18.2. The van der Waals surface area contributed by atoms with Crippen molar-refractivity contribution in [3.05, 3.63) is 52.1 Å². The summed E-state index contributed by atoms with van der Waals surface area (Å²) in [5.74, 6) is 1.66. The van der Waals surface area contributed by atoms with Gasteiger partial charge in [-0.2, -0.15) is 0 Å². The van der Waals surface area contributed by atoms with Gasteiger partial charge in [0.15, 0.2) is 5.78 Å². The van der Waals surface area contributed by atoms with Gasteiger partial charge < -0.3 is 14.9 Å². The molecule has 1 saturated carbocycles. The standard InChI is InChI=1S/C31H41N5O2/c1-19-26-23(16-31(2,3)17-25(26)37)32-27(19)30(38)33-22(13-12-20-10-11-20)29-34-28-21(18-36-14-5-6-15-36)8-7-9-24(28)35(29)4/h7-9,20,22,32H,5-6,10-18H2,1-4H3,(H,33,38). The number of aromatic amines is 1. The lowest BCUT2D eigenvalue weighted by Crippen LogP contribution is -2.31. The molecular weight excluding hydrogens is 474 g/mol. The van der Waals surface area contributed by atoms with Crippen LogP contribution < -0.4 is 5.32 Å². The highest BCUT2D eigenvalue weighted by atomic mass is 16.2. The smallest absolute Gasteiger partial charge is 0.268 e. The molecule has 2 N–H and O–H groups in total. The van der Waals surface area contributed by atoms with Crippen molar-refractivity contribution >= 4 is 22.7 Å². The van der Waals surface area contributed by atoms with Crippen LogP contribution in [0.3, 0.4) is 0 Å². The molecule has 0 bridgehead atoms. The van der Waals surface area contributed by atoms with Gasteiger partial charge >= 0.3 is 0 Å². The summed E-state index contributed by atoms with van der Waals surface area (Å²) in [6.45, 7) is 9.34. The van der Waals surface area contributed by atoms with E-state index in [0.29, 0.717) is 12.1 Å². The van der Waals surface area contributed by atoms with Crippen LogP contribution in [-0.4, -0.2) is 44.2 Å². The molecule has 2 fully saturated rings. The first-order valence-corrected chi connectivity index (χ1v) is 14.4. The quantitative estimate of drug-likeness (QED) is 0.408. The molecule has 1 atom stereocenters. The van der Waals surface area contributed by atoms with Crippen LogP contribution >= 0.6 is 0 Å². The number of imidazole rings is 1. The molecular formula is C31H41N5O2. The fourth-order valence-corrected chi connectivity index (χ4v) is 6.68. The zero-order chi connectivity index (χ0) is 26.6. The van der Waals surface area contributed by atoms with Crippen LogP contribution in [0.15, 0.2) is 18.2 Å². The monoisotopic (exact) mass is 515 g/mol. The highest BCUT2D eigenvalue weighted by molar-refractivity contribution is 6.04. The van der Waals surface area contributed by atoms with E-state index in [9.17, 15) is 9.59 Å². The van der Waals surface area contributed by atoms with E-state index in [1.807, 2.05) is 6.92 Å². The van der Waals surface area contributed by atoms with E-state index >= 15 is 0 Å². The van der Waals surface area contributed by atoms with Gasteiger partial charge in [-0.15, -0.1) is 0 Å². The number of H-pyrrole nitrogens is 1. The van der Waals surface area contributed by atoms with Crippen LogP contribution in [0.2, 0.25) is 0 Å². The van der Waals surface area contributed by atoms with Gasteiger partial charge in [0.1, 0.15) is 11.5 Å². The Morgan fingerprint density at radius 3 is 2.71 bits per heavy atom. The molecule has 3 aromatic rings. The Kier molecular flexibility index (Phi) is 6.45. The van der Waals surface area contributed by atoms with Gasteiger partial charge in [-0.25, -0.2) is 4.98 Å². The maximum atomic E-state index is 13.7. The number of hydrogen-bond donors (Lipinski definition) is 2. The Morgan fingerprint density at radius 1 is 1.21 bits per heavy atom. The van der Waals surface area contributed by atoms with E-state index in [2.05, 4.69) is 58.9 Å². The molecule has 1 aliphatic heterocycles. The molecule has 7 heteroatoms. The Morgan fingerprint density at radius 2 is 1.97 bits per heavy atom. The zero-order valence-electron chi connectivity index (χ0n) is 23.3. The number of fused-ring (bicyclic) bond motifs is 2. The number of carbonyl (C=O) groups is 2. The van der Waals surface area contributed by atoms with Crippen molar-refractivity contribution in [2.24, 2.45) is 18.4 Å². The second-order valence-corrected chi connectivity index (χ2v) is 12.8. The normalized spacial score (nSPS) is 20.2. The number of aromatic nitrogens is 3. The van der Waals surface area contributed by atoms with E-state index in [1.165, 1.54) is 31.2 Å². The average Bonchev–Trinajstić information content (AvgIpc) is 3.26. The van der Waals surface area contributed by atoms with Crippen molar-refractivity contribution in [1.82, 2.24) is 24.8 Å². The van der Waals surface area contributed by atoms with E-state index in [4.69, 9.17) is 4.98 Å². The topological polar surface area (TPSA) is 83.0 Å². The number of hydrogen-bond acceptors (Lipinski definition) is 4. The fourth-order valence-electron chi connectivity index (χ4n) is 6.68. The molecule has 0 radical (unpaired) electrons. The Hall–Kier alpha value is -2.93. The Labute approximate surface area is 225 Å². The SMILES string of the molecule is Cc1c(C(=O)NC(CCC2CC2)c2nc3c(CN4CCCC4)cccc3n2C)[nH]c2c1C(=O)CC(C)(C)C2. The van der Waals surface area contributed by atoms with Crippen molar-refractivity contribution in [1.29, 1.82) is 0 Å². The lowest BCUT2D eigenvalue weighted by Gasteiger charge is -2.28. The number of ketones is 1. The number of rotatable bonds is 8. The molecule has 38 heavy (non-hydrogen) atoms.